The minimum atomic E-state index is -0.613. The zero-order chi connectivity index (χ0) is 28.1. The van der Waals surface area contributed by atoms with Gasteiger partial charge in [-0.05, 0) is 98.7 Å². The lowest BCUT2D eigenvalue weighted by Gasteiger charge is -2.26. The normalized spacial score (nSPS) is 13.1. The molecule has 0 aliphatic carbocycles. The van der Waals surface area contributed by atoms with Gasteiger partial charge in [-0.3, -0.25) is 0 Å². The second-order valence-electron chi connectivity index (χ2n) is 12.3. The van der Waals surface area contributed by atoms with Crippen LogP contribution in [0.15, 0.2) is 48.5 Å². The lowest BCUT2D eigenvalue weighted by Crippen LogP contribution is -2.42. The lowest BCUT2D eigenvalue weighted by atomic mass is 10.0. The molecular weight excluding hydrogens is 476 g/mol. The predicted molar refractivity (Wildman–Crippen MR) is 159 cm³/mol. The topological polar surface area (TPSA) is 119 Å². The van der Waals surface area contributed by atoms with Crippen LogP contribution < -0.4 is 26.6 Å². The van der Waals surface area contributed by atoms with E-state index in [0.717, 1.165) is 22.7 Å². The molecule has 3 aromatic rings. The number of benzene rings is 2. The Morgan fingerprint density at radius 3 is 1.50 bits per heavy atom. The maximum absolute atomic E-state index is 9.82. The van der Waals surface area contributed by atoms with Crippen LogP contribution in [0.5, 0.6) is 0 Å². The molecule has 2 aromatic carbocycles. The number of aliphatic hydroxyl groups is 1. The average molecular weight is 521 g/mol. The number of nitrogens with one attached hydrogen (secondary N) is 5. The summed E-state index contributed by atoms with van der Waals surface area (Å²) in [6, 6.07) is 16.0. The first-order valence-electron chi connectivity index (χ1n) is 13.1. The number of rotatable bonds is 10. The van der Waals surface area contributed by atoms with Crippen LogP contribution in [-0.4, -0.2) is 43.8 Å². The molecule has 1 heterocycles. The van der Waals surface area contributed by atoms with E-state index in [2.05, 4.69) is 73.1 Å². The average Bonchev–Trinajstić information content (AvgIpc) is 2.76. The molecule has 1 unspecified atom stereocenters. The molecule has 9 heteroatoms. The van der Waals surface area contributed by atoms with Gasteiger partial charge in [-0.1, -0.05) is 12.1 Å². The molecule has 0 saturated heterocycles. The van der Waals surface area contributed by atoms with E-state index in [9.17, 15) is 5.11 Å². The summed E-state index contributed by atoms with van der Waals surface area (Å²) >= 11 is 0. The van der Waals surface area contributed by atoms with Gasteiger partial charge < -0.3 is 31.7 Å². The van der Waals surface area contributed by atoms with Crippen molar-refractivity contribution in [3.8, 4) is 0 Å². The number of hydrogen-bond donors (Lipinski definition) is 6. The number of aromatic nitrogens is 3. The van der Waals surface area contributed by atoms with Crippen molar-refractivity contribution in [2.24, 2.45) is 0 Å². The van der Waals surface area contributed by atoms with Crippen molar-refractivity contribution < 1.29 is 5.11 Å². The first kappa shape index (κ1) is 29.1. The number of hydrogen-bond acceptors (Lipinski definition) is 9. The summed E-state index contributed by atoms with van der Waals surface area (Å²) in [4.78, 5) is 14.2. The molecule has 0 amide bonds. The van der Waals surface area contributed by atoms with E-state index in [-0.39, 0.29) is 11.1 Å². The quantitative estimate of drug-likeness (QED) is 0.192. The van der Waals surface area contributed by atoms with Crippen LogP contribution >= 0.6 is 0 Å². The highest BCUT2D eigenvalue weighted by molar-refractivity contribution is 5.64. The highest BCUT2D eigenvalue weighted by atomic mass is 16.3. The van der Waals surface area contributed by atoms with Crippen molar-refractivity contribution in [1.82, 2.24) is 20.3 Å². The van der Waals surface area contributed by atoms with Crippen molar-refractivity contribution in [2.45, 2.75) is 85.0 Å². The SMILES string of the molecule is CC(O)CNC(C)(C)c1nc(Nc2cccc(NC(C)(C)C)c2)nc(Nc2cccc(NC(C)(C)C)c2)n1. The van der Waals surface area contributed by atoms with Crippen LogP contribution in [0.3, 0.4) is 0 Å². The molecule has 206 valence electrons. The minimum absolute atomic E-state index is 0.0635. The first-order valence-corrected chi connectivity index (χ1v) is 13.1. The van der Waals surface area contributed by atoms with Crippen LogP contribution in [0.4, 0.5) is 34.6 Å². The molecular formula is C29H44N8O. The zero-order valence-electron chi connectivity index (χ0n) is 24.2. The molecule has 0 saturated carbocycles. The Morgan fingerprint density at radius 2 is 1.11 bits per heavy atom. The molecule has 1 aromatic heterocycles. The molecule has 0 bridgehead atoms. The number of aliphatic hydroxyl groups excluding tert-OH is 1. The first-order chi connectivity index (χ1) is 17.6. The van der Waals surface area contributed by atoms with Crippen molar-refractivity contribution in [2.75, 3.05) is 27.8 Å². The summed E-state index contributed by atoms with van der Waals surface area (Å²) in [7, 11) is 0. The summed E-state index contributed by atoms with van der Waals surface area (Å²) in [5, 5.41) is 26.8. The second kappa shape index (κ2) is 11.5. The lowest BCUT2D eigenvalue weighted by molar-refractivity contribution is 0.175. The van der Waals surface area contributed by atoms with Crippen LogP contribution in [0.2, 0.25) is 0 Å². The summed E-state index contributed by atoms with van der Waals surface area (Å²) in [5.74, 6) is 1.38. The van der Waals surface area contributed by atoms with Crippen LogP contribution in [0.25, 0.3) is 0 Å². The Kier molecular flexibility index (Phi) is 8.84. The summed E-state index contributed by atoms with van der Waals surface area (Å²) in [6.45, 7) is 18.9. The molecule has 0 aliphatic rings. The molecule has 38 heavy (non-hydrogen) atoms. The summed E-state index contributed by atoms with van der Waals surface area (Å²) < 4.78 is 0. The van der Waals surface area contributed by atoms with Gasteiger partial charge in [0.05, 0.1) is 11.6 Å². The second-order valence-corrected chi connectivity index (χ2v) is 12.3. The van der Waals surface area contributed by atoms with E-state index >= 15 is 0 Å². The van der Waals surface area contributed by atoms with E-state index in [1.165, 1.54) is 0 Å². The Balaban J connectivity index is 1.95. The highest BCUT2D eigenvalue weighted by Gasteiger charge is 2.26. The van der Waals surface area contributed by atoms with Gasteiger partial charge in [0.25, 0.3) is 0 Å². The Hall–Kier alpha value is -3.43. The van der Waals surface area contributed by atoms with Crippen LogP contribution in [-0.2, 0) is 5.54 Å². The van der Waals surface area contributed by atoms with Gasteiger partial charge >= 0.3 is 0 Å². The standard InChI is InChI=1S/C29H44N8O/c1-19(38)18-30-29(8,9)24-33-25(31-20-12-10-14-22(16-20)36-27(2,3)4)35-26(34-24)32-21-13-11-15-23(17-21)37-28(5,6)7/h10-17,19,30,36-38H,18H2,1-9H3,(H2,31,32,33,34,35). The zero-order valence-corrected chi connectivity index (χ0v) is 24.2. The predicted octanol–water partition coefficient (Wildman–Crippen LogP) is 5.99. The molecule has 1 atom stereocenters. The van der Waals surface area contributed by atoms with Crippen LogP contribution in [0, 0.1) is 0 Å². The Labute approximate surface area is 227 Å². The van der Waals surface area contributed by atoms with Gasteiger partial charge in [0.2, 0.25) is 11.9 Å². The van der Waals surface area contributed by atoms with E-state index in [1.807, 2.05) is 62.4 Å². The van der Waals surface area contributed by atoms with E-state index in [0.29, 0.717) is 24.3 Å². The van der Waals surface area contributed by atoms with E-state index in [1.54, 1.807) is 6.92 Å². The maximum Gasteiger partial charge on any atom is 0.232 e. The highest BCUT2D eigenvalue weighted by Crippen LogP contribution is 2.26. The molecule has 0 aliphatic heterocycles. The minimum Gasteiger partial charge on any atom is -0.392 e. The fourth-order valence-electron chi connectivity index (χ4n) is 3.72. The van der Waals surface area contributed by atoms with Crippen molar-refractivity contribution >= 4 is 34.6 Å². The molecule has 6 N–H and O–H groups in total. The third kappa shape index (κ3) is 9.46. The van der Waals surface area contributed by atoms with E-state index < -0.39 is 11.6 Å². The molecule has 0 spiro atoms. The fraction of sp³-hybridized carbons (Fsp3) is 0.483. The van der Waals surface area contributed by atoms with Gasteiger partial charge in [-0.15, -0.1) is 0 Å². The van der Waals surface area contributed by atoms with Crippen molar-refractivity contribution in [3.63, 3.8) is 0 Å². The van der Waals surface area contributed by atoms with Gasteiger partial charge in [0.15, 0.2) is 5.82 Å². The smallest absolute Gasteiger partial charge is 0.232 e. The van der Waals surface area contributed by atoms with Gasteiger partial charge in [-0.25, -0.2) is 0 Å². The van der Waals surface area contributed by atoms with Crippen LogP contribution in [0.1, 0.15) is 68.1 Å². The maximum atomic E-state index is 9.82. The number of anilines is 6. The Bertz CT molecular complexity index is 1130. The Morgan fingerprint density at radius 1 is 0.684 bits per heavy atom. The van der Waals surface area contributed by atoms with Crippen molar-refractivity contribution in [1.29, 1.82) is 0 Å². The molecule has 0 radical (unpaired) electrons. The number of nitrogens with zero attached hydrogens (tertiary/aromatic N) is 3. The molecule has 9 nitrogen and oxygen atoms in total. The summed E-state index contributed by atoms with van der Waals surface area (Å²) in [6.07, 6.45) is -0.498. The van der Waals surface area contributed by atoms with Crippen molar-refractivity contribution in [3.05, 3.63) is 54.4 Å². The fourth-order valence-corrected chi connectivity index (χ4v) is 3.72. The third-order valence-electron chi connectivity index (χ3n) is 5.31. The van der Waals surface area contributed by atoms with E-state index in [4.69, 9.17) is 9.97 Å². The van der Waals surface area contributed by atoms with Gasteiger partial charge in [-0.2, -0.15) is 15.0 Å². The third-order valence-corrected chi connectivity index (χ3v) is 5.31. The monoisotopic (exact) mass is 520 g/mol. The summed E-state index contributed by atoms with van der Waals surface area (Å²) in [5.41, 5.74) is 2.96. The largest absolute Gasteiger partial charge is 0.392 e. The van der Waals surface area contributed by atoms with Gasteiger partial charge in [0, 0.05) is 40.4 Å². The molecule has 3 rings (SSSR count). The molecule has 0 fully saturated rings. The van der Waals surface area contributed by atoms with Gasteiger partial charge in [0.1, 0.15) is 0 Å².